The molecule has 0 bridgehead atoms. The van der Waals surface area contributed by atoms with E-state index < -0.39 is 14.6 Å². The molecule has 138 valence electrons. The van der Waals surface area contributed by atoms with Gasteiger partial charge in [-0.05, 0) is 26.2 Å². The topological polar surface area (TPSA) is 61.8 Å². The second kappa shape index (κ2) is 10.1. The predicted octanol–water partition coefficient (Wildman–Crippen LogP) is 2.91. The number of hydrogen-bond acceptors (Lipinski definition) is 3. The average Bonchev–Trinajstić information content (AvgIpc) is 2.46. The molecule has 1 heterocycles. The van der Waals surface area contributed by atoms with Gasteiger partial charge in [0.25, 0.3) is 0 Å². The number of nitrogens with one attached hydrogen (secondary N) is 1. The standard InChI is InChI=1S/C16H33N3O2S.HI/c1-6-8-9-14(7-2)12-18-15(17-5)19-10-11-22(20,21)16(3,4)13-19;/h14H,6-13H2,1-5H3,(H,17,18);1H. The highest BCUT2D eigenvalue weighted by atomic mass is 127. The molecule has 1 aliphatic rings. The van der Waals surface area contributed by atoms with Crippen molar-refractivity contribution in [2.24, 2.45) is 10.9 Å². The number of halogens is 1. The van der Waals surface area contributed by atoms with Gasteiger partial charge in [-0.25, -0.2) is 8.42 Å². The predicted molar refractivity (Wildman–Crippen MR) is 110 cm³/mol. The Hall–Kier alpha value is -0.0500. The van der Waals surface area contributed by atoms with Crippen LogP contribution in [-0.4, -0.2) is 56.5 Å². The lowest BCUT2D eigenvalue weighted by atomic mass is 9.99. The van der Waals surface area contributed by atoms with Gasteiger partial charge in [0.2, 0.25) is 0 Å². The second-order valence-corrected chi connectivity index (χ2v) is 9.59. The SMILES string of the molecule is CCCCC(CC)CNC(=NC)N1CCS(=O)(=O)C(C)(C)C1.I. The number of hydrogen-bond donors (Lipinski definition) is 1. The van der Waals surface area contributed by atoms with E-state index in [1.165, 1.54) is 19.3 Å². The van der Waals surface area contributed by atoms with Crippen LogP contribution in [0.3, 0.4) is 0 Å². The summed E-state index contributed by atoms with van der Waals surface area (Å²) in [5.41, 5.74) is 0. The molecule has 7 heteroatoms. The minimum absolute atomic E-state index is 0. The normalized spacial score (nSPS) is 21.4. The monoisotopic (exact) mass is 459 g/mol. The summed E-state index contributed by atoms with van der Waals surface area (Å²) in [6, 6.07) is 0. The largest absolute Gasteiger partial charge is 0.356 e. The fourth-order valence-corrected chi connectivity index (χ4v) is 4.20. The Balaban J connectivity index is 0.00000484. The molecule has 0 amide bonds. The Labute approximate surface area is 159 Å². The van der Waals surface area contributed by atoms with E-state index in [-0.39, 0.29) is 29.7 Å². The van der Waals surface area contributed by atoms with Crippen LogP contribution < -0.4 is 5.32 Å². The van der Waals surface area contributed by atoms with E-state index in [1.807, 2.05) is 0 Å². The highest BCUT2D eigenvalue weighted by Crippen LogP contribution is 2.23. The molecular formula is C16H34IN3O2S. The third-order valence-electron chi connectivity index (χ3n) is 4.65. The van der Waals surface area contributed by atoms with Gasteiger partial charge in [-0.15, -0.1) is 24.0 Å². The van der Waals surface area contributed by atoms with Crippen LogP contribution in [0.4, 0.5) is 0 Å². The molecule has 1 N–H and O–H groups in total. The Morgan fingerprint density at radius 3 is 2.48 bits per heavy atom. The molecule has 1 saturated heterocycles. The molecule has 0 aromatic rings. The number of guanidine groups is 1. The third kappa shape index (κ3) is 6.40. The van der Waals surface area contributed by atoms with E-state index in [0.29, 0.717) is 19.0 Å². The maximum absolute atomic E-state index is 12.1. The Morgan fingerprint density at radius 2 is 2.00 bits per heavy atom. The summed E-state index contributed by atoms with van der Waals surface area (Å²) in [6.07, 6.45) is 4.87. The number of unbranched alkanes of at least 4 members (excludes halogenated alkanes) is 1. The summed E-state index contributed by atoms with van der Waals surface area (Å²) in [5, 5.41) is 3.45. The van der Waals surface area contributed by atoms with Crippen LogP contribution in [-0.2, 0) is 9.84 Å². The molecule has 1 atom stereocenters. The van der Waals surface area contributed by atoms with Gasteiger partial charge in [0.15, 0.2) is 15.8 Å². The van der Waals surface area contributed by atoms with Crippen LogP contribution in [0.5, 0.6) is 0 Å². The van der Waals surface area contributed by atoms with Crippen LogP contribution >= 0.6 is 24.0 Å². The van der Waals surface area contributed by atoms with Gasteiger partial charge in [-0.1, -0.05) is 33.1 Å². The maximum atomic E-state index is 12.1. The van der Waals surface area contributed by atoms with Crippen molar-refractivity contribution in [1.29, 1.82) is 0 Å². The van der Waals surface area contributed by atoms with Gasteiger partial charge in [-0.3, -0.25) is 4.99 Å². The number of nitrogens with zero attached hydrogens (tertiary/aromatic N) is 2. The van der Waals surface area contributed by atoms with E-state index in [9.17, 15) is 8.42 Å². The molecule has 1 aliphatic heterocycles. The Bertz CT molecular complexity index is 478. The van der Waals surface area contributed by atoms with Crippen molar-refractivity contribution in [2.45, 2.75) is 58.1 Å². The van der Waals surface area contributed by atoms with Crippen LogP contribution in [0, 0.1) is 5.92 Å². The van der Waals surface area contributed by atoms with E-state index in [1.54, 1.807) is 20.9 Å². The Morgan fingerprint density at radius 1 is 1.35 bits per heavy atom. The second-order valence-electron chi connectivity index (χ2n) is 6.84. The van der Waals surface area contributed by atoms with Gasteiger partial charge in [-0.2, -0.15) is 0 Å². The molecule has 0 aromatic heterocycles. The third-order valence-corrected chi connectivity index (χ3v) is 7.18. The lowest BCUT2D eigenvalue weighted by Gasteiger charge is -2.39. The maximum Gasteiger partial charge on any atom is 0.193 e. The first kappa shape index (κ1) is 22.9. The van der Waals surface area contributed by atoms with Gasteiger partial charge >= 0.3 is 0 Å². The van der Waals surface area contributed by atoms with E-state index >= 15 is 0 Å². The summed E-state index contributed by atoms with van der Waals surface area (Å²) in [7, 11) is -1.24. The summed E-state index contributed by atoms with van der Waals surface area (Å²) < 4.78 is 23.5. The molecule has 0 spiro atoms. The number of sulfone groups is 1. The van der Waals surface area contributed by atoms with E-state index in [0.717, 1.165) is 18.9 Å². The molecule has 1 fully saturated rings. The van der Waals surface area contributed by atoms with Crippen molar-refractivity contribution >= 4 is 39.8 Å². The molecular weight excluding hydrogens is 425 g/mol. The van der Waals surface area contributed by atoms with Crippen molar-refractivity contribution in [3.8, 4) is 0 Å². The van der Waals surface area contributed by atoms with Crippen LogP contribution in [0.25, 0.3) is 0 Å². The zero-order valence-electron chi connectivity index (χ0n) is 15.3. The molecule has 23 heavy (non-hydrogen) atoms. The lowest BCUT2D eigenvalue weighted by Crippen LogP contribution is -2.57. The van der Waals surface area contributed by atoms with E-state index in [2.05, 4.69) is 29.1 Å². The van der Waals surface area contributed by atoms with Crippen LogP contribution in [0.2, 0.25) is 0 Å². The minimum atomic E-state index is -3.01. The highest BCUT2D eigenvalue weighted by molar-refractivity contribution is 14.0. The average molecular weight is 459 g/mol. The highest BCUT2D eigenvalue weighted by Gasteiger charge is 2.40. The van der Waals surface area contributed by atoms with Crippen molar-refractivity contribution in [2.75, 3.05) is 32.4 Å². The number of rotatable bonds is 6. The molecule has 1 rings (SSSR count). The van der Waals surface area contributed by atoms with Gasteiger partial charge in [0.05, 0.1) is 10.5 Å². The zero-order chi connectivity index (χ0) is 16.8. The lowest BCUT2D eigenvalue weighted by molar-refractivity contribution is 0.347. The first-order valence-electron chi connectivity index (χ1n) is 8.45. The smallest absolute Gasteiger partial charge is 0.193 e. The first-order chi connectivity index (χ1) is 10.3. The van der Waals surface area contributed by atoms with Gasteiger partial charge < -0.3 is 10.2 Å². The van der Waals surface area contributed by atoms with Crippen LogP contribution in [0.15, 0.2) is 4.99 Å². The quantitative estimate of drug-likeness (QED) is 0.377. The van der Waals surface area contributed by atoms with Crippen molar-refractivity contribution in [1.82, 2.24) is 10.2 Å². The minimum Gasteiger partial charge on any atom is -0.356 e. The molecule has 5 nitrogen and oxygen atoms in total. The fraction of sp³-hybridized carbons (Fsp3) is 0.938. The summed E-state index contributed by atoms with van der Waals surface area (Å²) >= 11 is 0. The molecule has 0 saturated carbocycles. The summed E-state index contributed by atoms with van der Waals surface area (Å²) in [4.78, 5) is 6.43. The van der Waals surface area contributed by atoms with Crippen molar-refractivity contribution in [3.63, 3.8) is 0 Å². The molecule has 0 aromatic carbocycles. The van der Waals surface area contributed by atoms with Crippen molar-refractivity contribution in [3.05, 3.63) is 0 Å². The zero-order valence-corrected chi connectivity index (χ0v) is 18.4. The van der Waals surface area contributed by atoms with Gasteiger partial charge in [0.1, 0.15) is 0 Å². The van der Waals surface area contributed by atoms with Gasteiger partial charge in [0, 0.05) is 26.7 Å². The summed E-state index contributed by atoms with van der Waals surface area (Å²) in [5.74, 6) is 1.68. The Kier molecular flexibility index (Phi) is 10.0. The molecule has 0 aliphatic carbocycles. The summed E-state index contributed by atoms with van der Waals surface area (Å²) in [6.45, 7) is 9.98. The van der Waals surface area contributed by atoms with E-state index in [4.69, 9.17) is 0 Å². The fourth-order valence-electron chi connectivity index (χ4n) is 2.84. The van der Waals surface area contributed by atoms with Crippen molar-refractivity contribution < 1.29 is 8.42 Å². The van der Waals surface area contributed by atoms with Crippen LogP contribution in [0.1, 0.15) is 53.4 Å². The molecule has 1 unspecified atom stereocenters. The number of aliphatic imine (C=N–C) groups is 1. The first-order valence-corrected chi connectivity index (χ1v) is 10.1. The molecule has 0 radical (unpaired) electrons.